The van der Waals surface area contributed by atoms with Crippen molar-refractivity contribution in [3.05, 3.63) is 55.5 Å². The molecule has 3 aromatic rings. The van der Waals surface area contributed by atoms with E-state index < -0.39 is 4.92 Å². The summed E-state index contributed by atoms with van der Waals surface area (Å²) in [6, 6.07) is 8.19. The Kier molecular flexibility index (Phi) is 4.42. The van der Waals surface area contributed by atoms with Crippen LogP contribution in [0.3, 0.4) is 0 Å². The van der Waals surface area contributed by atoms with Crippen LogP contribution in [0.15, 0.2) is 30.3 Å². The highest BCUT2D eigenvalue weighted by atomic mass is 35.5. The molecule has 2 aromatic carbocycles. The Balaban J connectivity index is 1.99. The summed E-state index contributed by atoms with van der Waals surface area (Å²) in [4.78, 5) is 17.7. The van der Waals surface area contributed by atoms with Crippen LogP contribution in [0.1, 0.15) is 12.8 Å². The Morgan fingerprint density at radius 1 is 1.04 bits per heavy atom. The molecule has 0 saturated carbocycles. The number of aryl methyl sites for hydroxylation is 1. The zero-order valence-corrected chi connectivity index (χ0v) is 15.7. The number of fused-ring (bicyclic) bond motifs is 3. The van der Waals surface area contributed by atoms with E-state index >= 15 is 0 Å². The largest absolute Gasteiger partial charge is 0.310 e. The molecular formula is C17H13Cl3N4O2. The second-order valence-electron chi connectivity index (χ2n) is 6.04. The first kappa shape index (κ1) is 17.4. The minimum absolute atomic E-state index is 0.00722. The maximum absolute atomic E-state index is 11.5. The Hall–Kier alpha value is -2.02. The third-order valence-electron chi connectivity index (χ3n) is 4.46. The van der Waals surface area contributed by atoms with Gasteiger partial charge < -0.3 is 9.47 Å². The molecule has 1 aromatic heterocycles. The summed E-state index contributed by atoms with van der Waals surface area (Å²) in [7, 11) is 0. The Morgan fingerprint density at radius 2 is 1.81 bits per heavy atom. The van der Waals surface area contributed by atoms with Gasteiger partial charge in [0.2, 0.25) is 5.95 Å². The van der Waals surface area contributed by atoms with E-state index in [1.54, 1.807) is 12.1 Å². The van der Waals surface area contributed by atoms with Gasteiger partial charge in [0.25, 0.3) is 5.69 Å². The third kappa shape index (κ3) is 2.78. The minimum Gasteiger partial charge on any atom is -0.310 e. The molecule has 0 aliphatic carbocycles. The molecule has 0 N–H and O–H groups in total. The summed E-state index contributed by atoms with van der Waals surface area (Å²) < 4.78 is 1.86. The number of hydrogen-bond donors (Lipinski definition) is 0. The van der Waals surface area contributed by atoms with Crippen molar-refractivity contribution in [1.29, 1.82) is 0 Å². The van der Waals surface area contributed by atoms with Gasteiger partial charge in [0, 0.05) is 24.2 Å². The number of anilines is 2. The zero-order valence-electron chi connectivity index (χ0n) is 13.5. The second-order valence-corrected chi connectivity index (χ2v) is 7.29. The average Bonchev–Trinajstić information content (AvgIpc) is 2.84. The molecule has 4 rings (SSSR count). The van der Waals surface area contributed by atoms with Crippen molar-refractivity contribution in [2.45, 2.75) is 19.4 Å². The van der Waals surface area contributed by atoms with E-state index in [0.717, 1.165) is 18.5 Å². The molecule has 2 heterocycles. The van der Waals surface area contributed by atoms with Crippen LogP contribution in [-0.2, 0) is 6.54 Å². The molecule has 0 spiro atoms. The van der Waals surface area contributed by atoms with E-state index in [4.69, 9.17) is 34.8 Å². The van der Waals surface area contributed by atoms with Crippen LogP contribution in [-0.4, -0.2) is 21.0 Å². The Labute approximate surface area is 164 Å². The predicted molar refractivity (Wildman–Crippen MR) is 104 cm³/mol. The number of halogens is 3. The normalized spacial score (nSPS) is 14.3. The fourth-order valence-corrected chi connectivity index (χ4v) is 4.02. The summed E-state index contributed by atoms with van der Waals surface area (Å²) >= 11 is 18.7. The van der Waals surface area contributed by atoms with Crippen molar-refractivity contribution < 1.29 is 4.92 Å². The zero-order chi connectivity index (χ0) is 18.4. The summed E-state index contributed by atoms with van der Waals surface area (Å²) in [5, 5.41) is 12.9. The molecule has 1 aliphatic rings. The molecule has 26 heavy (non-hydrogen) atoms. The molecule has 0 radical (unpaired) electrons. The van der Waals surface area contributed by atoms with Gasteiger partial charge in [-0.15, -0.1) is 0 Å². The molecule has 0 bridgehead atoms. The van der Waals surface area contributed by atoms with Crippen LogP contribution in [0.4, 0.5) is 17.3 Å². The molecule has 0 amide bonds. The van der Waals surface area contributed by atoms with Crippen molar-refractivity contribution >= 4 is 63.2 Å². The summed E-state index contributed by atoms with van der Waals surface area (Å²) in [6.45, 7) is 1.31. The molecular weight excluding hydrogens is 399 g/mol. The summed E-state index contributed by atoms with van der Waals surface area (Å²) in [6.07, 6.45) is 1.77. The van der Waals surface area contributed by atoms with Crippen molar-refractivity contribution in [3.63, 3.8) is 0 Å². The van der Waals surface area contributed by atoms with Gasteiger partial charge in [0.15, 0.2) is 5.52 Å². The molecule has 0 unspecified atom stereocenters. The first-order valence-electron chi connectivity index (χ1n) is 8.03. The molecule has 0 saturated heterocycles. The lowest BCUT2D eigenvalue weighted by Crippen LogP contribution is -2.20. The van der Waals surface area contributed by atoms with Gasteiger partial charge >= 0.3 is 0 Å². The van der Waals surface area contributed by atoms with Crippen LogP contribution in [0.25, 0.3) is 11.0 Å². The number of imidazole rings is 1. The van der Waals surface area contributed by atoms with Crippen molar-refractivity contribution in [2.75, 3.05) is 11.4 Å². The van der Waals surface area contributed by atoms with Gasteiger partial charge in [-0.05, 0) is 37.1 Å². The highest BCUT2D eigenvalue weighted by molar-refractivity contribution is 6.36. The van der Waals surface area contributed by atoms with Crippen LogP contribution in [0.2, 0.25) is 15.1 Å². The lowest BCUT2D eigenvalue weighted by atomic mass is 10.2. The van der Waals surface area contributed by atoms with Gasteiger partial charge in [0.1, 0.15) is 5.52 Å². The van der Waals surface area contributed by atoms with E-state index in [-0.39, 0.29) is 5.69 Å². The molecule has 9 heteroatoms. The molecule has 134 valence electrons. The van der Waals surface area contributed by atoms with Crippen LogP contribution in [0, 0.1) is 10.1 Å². The number of nitrogens with zero attached hydrogens (tertiary/aromatic N) is 4. The first-order valence-corrected chi connectivity index (χ1v) is 9.16. The van der Waals surface area contributed by atoms with E-state index in [1.807, 2.05) is 15.5 Å². The molecule has 0 atom stereocenters. The average molecular weight is 412 g/mol. The summed E-state index contributed by atoms with van der Waals surface area (Å²) in [5.74, 6) is 0.595. The minimum atomic E-state index is -0.405. The topological polar surface area (TPSA) is 64.2 Å². The van der Waals surface area contributed by atoms with Crippen LogP contribution >= 0.6 is 34.8 Å². The maximum Gasteiger partial charge on any atom is 0.295 e. The summed E-state index contributed by atoms with van der Waals surface area (Å²) in [5.41, 5.74) is 1.61. The number of aromatic nitrogens is 2. The van der Waals surface area contributed by atoms with Gasteiger partial charge in [-0.2, -0.15) is 0 Å². The molecule has 6 nitrogen and oxygen atoms in total. The van der Waals surface area contributed by atoms with Crippen molar-refractivity contribution in [1.82, 2.24) is 9.55 Å². The molecule has 0 fully saturated rings. The SMILES string of the molecule is O=[N+]([O-])c1ccc(Cl)c2nc3n(c12)CCCCN3c1ccc(Cl)cc1Cl. The number of non-ortho nitro benzene ring substituents is 1. The lowest BCUT2D eigenvalue weighted by molar-refractivity contribution is -0.383. The third-order valence-corrected chi connectivity index (χ3v) is 5.30. The van der Waals surface area contributed by atoms with Crippen molar-refractivity contribution in [3.8, 4) is 0 Å². The van der Waals surface area contributed by atoms with Gasteiger partial charge in [-0.1, -0.05) is 34.8 Å². The number of nitro benzene ring substituents is 1. The number of rotatable bonds is 2. The highest BCUT2D eigenvalue weighted by Gasteiger charge is 2.28. The van der Waals surface area contributed by atoms with E-state index in [2.05, 4.69) is 4.98 Å². The first-order chi connectivity index (χ1) is 12.5. The Morgan fingerprint density at radius 3 is 2.54 bits per heavy atom. The van der Waals surface area contributed by atoms with Gasteiger partial charge in [0.05, 0.1) is 20.7 Å². The standard InChI is InChI=1S/C17H13Cl3N4O2/c18-10-3-5-13(12(20)9-10)22-7-1-2-8-23-16-14(24(25)26)6-4-11(19)15(16)21-17(22)23/h3-6,9H,1-2,7-8H2. The monoisotopic (exact) mass is 410 g/mol. The van der Waals surface area contributed by atoms with Crippen molar-refractivity contribution in [2.24, 2.45) is 0 Å². The molecule has 1 aliphatic heterocycles. The van der Waals surface area contributed by atoms with E-state index in [0.29, 0.717) is 45.1 Å². The fourth-order valence-electron chi connectivity index (χ4n) is 3.31. The number of nitro groups is 1. The van der Waals surface area contributed by atoms with Gasteiger partial charge in [-0.3, -0.25) is 10.1 Å². The lowest BCUT2D eigenvalue weighted by Gasteiger charge is -2.23. The predicted octanol–water partition coefficient (Wildman–Crippen LogP) is 5.84. The number of benzene rings is 2. The van der Waals surface area contributed by atoms with Gasteiger partial charge in [-0.25, -0.2) is 4.98 Å². The quantitative estimate of drug-likeness (QED) is 0.393. The smallest absolute Gasteiger partial charge is 0.295 e. The maximum atomic E-state index is 11.5. The van der Waals surface area contributed by atoms with E-state index in [9.17, 15) is 10.1 Å². The highest BCUT2D eigenvalue weighted by Crippen LogP contribution is 2.40. The Bertz CT molecular complexity index is 1030. The van der Waals surface area contributed by atoms with Crippen LogP contribution < -0.4 is 4.90 Å². The van der Waals surface area contributed by atoms with E-state index in [1.165, 1.54) is 12.1 Å². The van der Waals surface area contributed by atoms with Crippen LogP contribution in [0.5, 0.6) is 0 Å². The number of hydrogen-bond acceptors (Lipinski definition) is 4. The fraction of sp³-hybridized carbons (Fsp3) is 0.235. The second kappa shape index (κ2) is 6.61.